The third-order valence-electron chi connectivity index (χ3n) is 3.64. The maximum Gasteiger partial charge on any atom is 0.416 e. The Kier molecular flexibility index (Phi) is 3.98. The van der Waals surface area contributed by atoms with E-state index in [1.165, 1.54) is 12.1 Å². The van der Waals surface area contributed by atoms with Crippen LogP contribution in [-0.4, -0.2) is 19.1 Å². The number of halogens is 3. The van der Waals surface area contributed by atoms with Gasteiger partial charge >= 0.3 is 6.18 Å². The lowest BCUT2D eigenvalue weighted by molar-refractivity contribution is -0.137. The lowest BCUT2D eigenvalue weighted by Gasteiger charge is -2.29. The summed E-state index contributed by atoms with van der Waals surface area (Å²) in [6, 6.07) is 12.0. The van der Waals surface area contributed by atoms with Crippen molar-refractivity contribution in [1.82, 2.24) is 0 Å². The van der Waals surface area contributed by atoms with Gasteiger partial charge in [0, 0.05) is 0 Å². The first-order valence-corrected chi connectivity index (χ1v) is 7.13. The van der Waals surface area contributed by atoms with E-state index in [0.717, 1.165) is 12.1 Å². The van der Waals surface area contributed by atoms with Gasteiger partial charge in [-0.3, -0.25) is 4.79 Å². The molecule has 0 N–H and O–H groups in total. The standard InChI is InChI=1S/C17H14F3NO2/c18-17(19,20)13-5-3-4-12(10-13)11-16(22)21-8-9-23-15-7-2-1-6-14(15)21/h1-7,10H,8-9,11H2. The number of carbonyl (C=O) groups excluding carboxylic acids is 1. The zero-order chi connectivity index (χ0) is 16.4. The molecule has 0 unspecified atom stereocenters. The Hall–Kier alpha value is -2.50. The van der Waals surface area contributed by atoms with Crippen LogP contribution in [0.5, 0.6) is 5.75 Å². The molecule has 120 valence electrons. The van der Waals surface area contributed by atoms with Crippen LogP contribution in [0.25, 0.3) is 0 Å². The number of alkyl halides is 3. The first kappa shape index (κ1) is 15.4. The Morgan fingerprint density at radius 2 is 1.91 bits per heavy atom. The van der Waals surface area contributed by atoms with Crippen LogP contribution in [0.2, 0.25) is 0 Å². The van der Waals surface area contributed by atoms with Crippen LogP contribution in [0.3, 0.4) is 0 Å². The van der Waals surface area contributed by atoms with E-state index in [2.05, 4.69) is 0 Å². The number of anilines is 1. The van der Waals surface area contributed by atoms with Gasteiger partial charge in [-0.25, -0.2) is 0 Å². The lowest BCUT2D eigenvalue weighted by atomic mass is 10.1. The van der Waals surface area contributed by atoms with E-state index in [-0.39, 0.29) is 12.3 Å². The van der Waals surface area contributed by atoms with Crippen molar-refractivity contribution in [2.45, 2.75) is 12.6 Å². The molecule has 6 heteroatoms. The largest absolute Gasteiger partial charge is 0.490 e. The number of benzene rings is 2. The third kappa shape index (κ3) is 3.31. The molecule has 2 aromatic carbocycles. The van der Waals surface area contributed by atoms with E-state index in [1.807, 2.05) is 0 Å². The zero-order valence-electron chi connectivity index (χ0n) is 12.1. The lowest BCUT2D eigenvalue weighted by Crippen LogP contribution is -2.38. The molecule has 1 aliphatic heterocycles. The summed E-state index contributed by atoms with van der Waals surface area (Å²) >= 11 is 0. The Morgan fingerprint density at radius 1 is 1.13 bits per heavy atom. The molecule has 3 nitrogen and oxygen atoms in total. The van der Waals surface area contributed by atoms with Gasteiger partial charge in [-0.2, -0.15) is 13.2 Å². The second-order valence-corrected chi connectivity index (χ2v) is 5.24. The third-order valence-corrected chi connectivity index (χ3v) is 3.64. The van der Waals surface area contributed by atoms with Crippen LogP contribution < -0.4 is 9.64 Å². The van der Waals surface area contributed by atoms with Crippen molar-refractivity contribution in [2.24, 2.45) is 0 Å². The summed E-state index contributed by atoms with van der Waals surface area (Å²) < 4.78 is 43.7. The maximum atomic E-state index is 12.7. The molecule has 0 spiro atoms. The minimum Gasteiger partial charge on any atom is -0.490 e. The van der Waals surface area contributed by atoms with Gasteiger partial charge in [-0.15, -0.1) is 0 Å². The number of fused-ring (bicyclic) bond motifs is 1. The highest BCUT2D eigenvalue weighted by molar-refractivity contribution is 5.96. The van der Waals surface area contributed by atoms with Crippen molar-refractivity contribution < 1.29 is 22.7 Å². The molecule has 3 rings (SSSR count). The van der Waals surface area contributed by atoms with Crippen LogP contribution in [0.1, 0.15) is 11.1 Å². The fourth-order valence-electron chi connectivity index (χ4n) is 2.56. The van der Waals surface area contributed by atoms with Crippen LogP contribution in [0.15, 0.2) is 48.5 Å². The number of rotatable bonds is 2. The van der Waals surface area contributed by atoms with Crippen molar-refractivity contribution in [3.8, 4) is 5.75 Å². The molecule has 0 aromatic heterocycles. The summed E-state index contributed by atoms with van der Waals surface area (Å²) in [7, 11) is 0. The van der Waals surface area contributed by atoms with Gasteiger partial charge in [-0.05, 0) is 23.8 Å². The highest BCUT2D eigenvalue weighted by Crippen LogP contribution is 2.32. The van der Waals surface area contributed by atoms with E-state index in [0.29, 0.717) is 30.2 Å². The summed E-state index contributed by atoms with van der Waals surface area (Å²) in [5.74, 6) is 0.358. The molecule has 0 radical (unpaired) electrons. The number of hydrogen-bond donors (Lipinski definition) is 0. The molecule has 1 amide bonds. The van der Waals surface area contributed by atoms with Crippen molar-refractivity contribution in [2.75, 3.05) is 18.1 Å². The normalized spacial score (nSPS) is 14.1. The Balaban J connectivity index is 1.81. The monoisotopic (exact) mass is 321 g/mol. The minimum absolute atomic E-state index is 0.0851. The number of amides is 1. The summed E-state index contributed by atoms with van der Waals surface area (Å²) in [6.45, 7) is 0.750. The van der Waals surface area contributed by atoms with E-state index in [9.17, 15) is 18.0 Å². The highest BCUT2D eigenvalue weighted by Gasteiger charge is 2.31. The molecule has 0 atom stereocenters. The number of para-hydroxylation sites is 2. The molecule has 0 aliphatic carbocycles. The van der Waals surface area contributed by atoms with Crippen molar-refractivity contribution in [1.29, 1.82) is 0 Å². The van der Waals surface area contributed by atoms with Crippen LogP contribution in [0.4, 0.5) is 18.9 Å². The predicted molar refractivity (Wildman–Crippen MR) is 79.4 cm³/mol. The highest BCUT2D eigenvalue weighted by atomic mass is 19.4. The fraction of sp³-hybridized carbons (Fsp3) is 0.235. The van der Waals surface area contributed by atoms with Gasteiger partial charge in [0.25, 0.3) is 0 Å². The van der Waals surface area contributed by atoms with Gasteiger partial charge in [0.15, 0.2) is 0 Å². The SMILES string of the molecule is O=C(Cc1cccc(C(F)(F)F)c1)N1CCOc2ccccc21. The molecule has 2 aromatic rings. The quantitative estimate of drug-likeness (QED) is 0.844. The second kappa shape index (κ2) is 5.95. The average molecular weight is 321 g/mol. The van der Waals surface area contributed by atoms with E-state index < -0.39 is 11.7 Å². The molecular formula is C17H14F3NO2. The Bertz CT molecular complexity index is 728. The van der Waals surface area contributed by atoms with Crippen molar-refractivity contribution >= 4 is 11.6 Å². The zero-order valence-corrected chi connectivity index (χ0v) is 12.1. The van der Waals surface area contributed by atoms with Gasteiger partial charge in [0.2, 0.25) is 5.91 Å². The van der Waals surface area contributed by atoms with Crippen molar-refractivity contribution in [3.63, 3.8) is 0 Å². The maximum absolute atomic E-state index is 12.7. The summed E-state index contributed by atoms with van der Waals surface area (Å²) in [4.78, 5) is 14.0. The molecule has 0 bridgehead atoms. The molecule has 0 saturated carbocycles. The van der Waals surface area contributed by atoms with Crippen molar-refractivity contribution in [3.05, 3.63) is 59.7 Å². The van der Waals surface area contributed by atoms with Gasteiger partial charge < -0.3 is 9.64 Å². The minimum atomic E-state index is -4.41. The van der Waals surface area contributed by atoms with Crippen LogP contribution in [0, 0.1) is 0 Å². The molecule has 0 fully saturated rings. The van der Waals surface area contributed by atoms with Crippen LogP contribution >= 0.6 is 0 Å². The van der Waals surface area contributed by atoms with Gasteiger partial charge in [-0.1, -0.05) is 30.3 Å². The molecule has 1 aliphatic rings. The first-order chi connectivity index (χ1) is 10.9. The summed E-state index contributed by atoms with van der Waals surface area (Å²) in [5.41, 5.74) is 0.245. The Morgan fingerprint density at radius 3 is 2.70 bits per heavy atom. The number of hydrogen-bond acceptors (Lipinski definition) is 2. The molecule has 1 heterocycles. The molecular weight excluding hydrogens is 307 g/mol. The predicted octanol–water partition coefficient (Wildman–Crippen LogP) is 3.67. The fourth-order valence-corrected chi connectivity index (χ4v) is 2.56. The number of ether oxygens (including phenoxy) is 1. The molecule has 23 heavy (non-hydrogen) atoms. The van der Waals surface area contributed by atoms with Crippen LogP contribution in [-0.2, 0) is 17.4 Å². The number of carbonyl (C=O) groups is 1. The van der Waals surface area contributed by atoms with E-state index in [1.54, 1.807) is 29.2 Å². The molecule has 0 saturated heterocycles. The summed E-state index contributed by atoms with van der Waals surface area (Å²) in [5, 5.41) is 0. The average Bonchev–Trinajstić information content (AvgIpc) is 2.53. The first-order valence-electron chi connectivity index (χ1n) is 7.13. The van der Waals surface area contributed by atoms with Gasteiger partial charge in [0.1, 0.15) is 12.4 Å². The topological polar surface area (TPSA) is 29.5 Å². The van der Waals surface area contributed by atoms with E-state index >= 15 is 0 Å². The Labute approximate surface area is 131 Å². The van der Waals surface area contributed by atoms with E-state index in [4.69, 9.17) is 4.74 Å². The summed E-state index contributed by atoms with van der Waals surface area (Å²) in [6.07, 6.45) is -4.50. The van der Waals surface area contributed by atoms with Gasteiger partial charge in [0.05, 0.1) is 24.2 Å². The second-order valence-electron chi connectivity index (χ2n) is 5.24. The number of nitrogens with zero attached hydrogens (tertiary/aromatic N) is 1. The smallest absolute Gasteiger partial charge is 0.416 e.